The van der Waals surface area contributed by atoms with Crippen LogP contribution in [0, 0.1) is 0 Å². The van der Waals surface area contributed by atoms with E-state index in [1.54, 1.807) is 12.4 Å². The molecule has 0 aliphatic rings. The Hall–Kier alpha value is -2.63. The summed E-state index contributed by atoms with van der Waals surface area (Å²) >= 11 is 0. The predicted molar refractivity (Wildman–Crippen MR) is 71.1 cm³/mol. The average Bonchev–Trinajstić information content (AvgIpc) is 2.82. The molecule has 4 N–H and O–H groups in total. The van der Waals surface area contributed by atoms with Crippen molar-refractivity contribution in [1.29, 1.82) is 0 Å². The molecule has 6 nitrogen and oxygen atoms in total. The van der Waals surface area contributed by atoms with Gasteiger partial charge in [0.1, 0.15) is 5.65 Å². The summed E-state index contributed by atoms with van der Waals surface area (Å²) in [6, 6.07) is 3.75. The number of nitrogen functional groups attached to an aromatic ring is 1. The first-order chi connectivity index (χ1) is 8.79. The summed E-state index contributed by atoms with van der Waals surface area (Å²) in [6.07, 6.45) is 5.27. The Morgan fingerprint density at radius 3 is 2.83 bits per heavy atom. The fourth-order valence-corrected chi connectivity index (χ4v) is 1.99. The lowest BCUT2D eigenvalue weighted by atomic mass is 10.1. The molecule has 3 rings (SSSR count). The summed E-state index contributed by atoms with van der Waals surface area (Å²) in [6.45, 7) is 0. The van der Waals surface area contributed by atoms with Crippen molar-refractivity contribution in [3.8, 4) is 11.3 Å². The third kappa shape index (κ3) is 1.55. The number of H-pyrrole nitrogens is 1. The maximum Gasteiger partial charge on any atom is 0.220 e. The third-order valence-electron chi connectivity index (χ3n) is 2.79. The van der Waals surface area contributed by atoms with Gasteiger partial charge in [-0.15, -0.1) is 0 Å². The van der Waals surface area contributed by atoms with Crippen molar-refractivity contribution in [3.63, 3.8) is 0 Å². The van der Waals surface area contributed by atoms with Crippen LogP contribution in [-0.2, 0) is 0 Å². The molecule has 0 bridgehead atoms. The van der Waals surface area contributed by atoms with Crippen LogP contribution in [0.1, 0.15) is 0 Å². The average molecular weight is 240 g/mol. The van der Waals surface area contributed by atoms with Gasteiger partial charge in [-0.1, -0.05) is 0 Å². The lowest BCUT2D eigenvalue weighted by Gasteiger charge is -2.04. The Kier molecular flexibility index (Phi) is 2.33. The van der Waals surface area contributed by atoms with Crippen LogP contribution in [-0.4, -0.2) is 27.0 Å². The largest absolute Gasteiger partial charge is 0.387 e. The van der Waals surface area contributed by atoms with Crippen LogP contribution < -0.4 is 11.1 Å². The first kappa shape index (κ1) is 10.5. The second kappa shape index (κ2) is 3.99. The van der Waals surface area contributed by atoms with Gasteiger partial charge in [0, 0.05) is 36.9 Å². The predicted octanol–water partition coefficient (Wildman–Crippen LogP) is 1.64. The smallest absolute Gasteiger partial charge is 0.220 e. The second-order valence-electron chi connectivity index (χ2n) is 3.83. The minimum absolute atomic E-state index is 0.261. The van der Waals surface area contributed by atoms with Gasteiger partial charge in [-0.2, -0.15) is 0 Å². The molecule has 0 atom stereocenters. The highest BCUT2D eigenvalue weighted by Gasteiger charge is 2.11. The van der Waals surface area contributed by atoms with Crippen molar-refractivity contribution >= 4 is 22.7 Å². The van der Waals surface area contributed by atoms with E-state index in [1.807, 2.05) is 25.4 Å². The van der Waals surface area contributed by atoms with Crippen molar-refractivity contribution in [2.75, 3.05) is 18.1 Å². The molecule has 0 saturated heterocycles. The van der Waals surface area contributed by atoms with Crippen LogP contribution in [0.25, 0.3) is 22.3 Å². The molecule has 3 heterocycles. The van der Waals surface area contributed by atoms with E-state index in [4.69, 9.17) is 5.73 Å². The number of aromatic amines is 1. The van der Waals surface area contributed by atoms with Gasteiger partial charge < -0.3 is 16.0 Å². The van der Waals surface area contributed by atoms with E-state index in [1.165, 1.54) is 0 Å². The molecule has 0 aliphatic carbocycles. The highest BCUT2D eigenvalue weighted by Crippen LogP contribution is 2.31. The normalized spacial score (nSPS) is 10.7. The van der Waals surface area contributed by atoms with Crippen molar-refractivity contribution in [1.82, 2.24) is 19.9 Å². The number of hydrogen-bond acceptors (Lipinski definition) is 5. The highest BCUT2D eigenvalue weighted by atomic mass is 15.0. The monoisotopic (exact) mass is 240 g/mol. The molecule has 0 aromatic carbocycles. The molecular weight excluding hydrogens is 228 g/mol. The van der Waals surface area contributed by atoms with Gasteiger partial charge in [0.25, 0.3) is 0 Å². The van der Waals surface area contributed by atoms with Gasteiger partial charge in [-0.05, 0) is 12.1 Å². The molecular formula is C12H12N6. The number of nitrogens with two attached hydrogens (primary N) is 1. The summed E-state index contributed by atoms with van der Waals surface area (Å²) in [7, 11) is 1.87. The van der Waals surface area contributed by atoms with Gasteiger partial charge in [0.05, 0.1) is 11.1 Å². The number of nitrogens with zero attached hydrogens (tertiary/aromatic N) is 3. The summed E-state index contributed by atoms with van der Waals surface area (Å²) in [5, 5.41) is 4.14. The summed E-state index contributed by atoms with van der Waals surface area (Å²) in [5.41, 5.74) is 9.15. The van der Waals surface area contributed by atoms with Gasteiger partial charge in [-0.3, -0.25) is 0 Å². The summed E-state index contributed by atoms with van der Waals surface area (Å²) in [4.78, 5) is 15.5. The van der Waals surface area contributed by atoms with E-state index in [9.17, 15) is 0 Å². The van der Waals surface area contributed by atoms with Gasteiger partial charge >= 0.3 is 0 Å². The Bertz CT molecular complexity index is 703. The minimum Gasteiger partial charge on any atom is -0.387 e. The van der Waals surface area contributed by atoms with Crippen molar-refractivity contribution in [2.24, 2.45) is 0 Å². The van der Waals surface area contributed by atoms with Crippen molar-refractivity contribution in [3.05, 3.63) is 30.7 Å². The van der Waals surface area contributed by atoms with Crippen LogP contribution in [0.5, 0.6) is 0 Å². The van der Waals surface area contributed by atoms with E-state index < -0.39 is 0 Å². The Morgan fingerprint density at radius 2 is 2.06 bits per heavy atom. The van der Waals surface area contributed by atoms with Crippen LogP contribution >= 0.6 is 0 Å². The van der Waals surface area contributed by atoms with Crippen molar-refractivity contribution in [2.45, 2.75) is 0 Å². The fourth-order valence-electron chi connectivity index (χ4n) is 1.99. The minimum atomic E-state index is 0.261. The Balaban J connectivity index is 2.30. The van der Waals surface area contributed by atoms with Crippen LogP contribution in [0.4, 0.5) is 11.6 Å². The molecule has 6 heteroatoms. The van der Waals surface area contributed by atoms with Crippen LogP contribution in [0.15, 0.2) is 30.7 Å². The SMILES string of the molecule is CNc1ccnc2[nH]cc(-c3ccnc(N)n3)c12. The first-order valence-electron chi connectivity index (χ1n) is 5.52. The molecule has 18 heavy (non-hydrogen) atoms. The number of fused-ring (bicyclic) bond motifs is 1. The zero-order valence-corrected chi connectivity index (χ0v) is 9.81. The zero-order chi connectivity index (χ0) is 12.5. The number of aromatic nitrogens is 4. The van der Waals surface area contributed by atoms with Gasteiger partial charge in [-0.25, -0.2) is 15.0 Å². The molecule has 0 fully saturated rings. The molecule has 90 valence electrons. The van der Waals surface area contributed by atoms with Crippen LogP contribution in [0.2, 0.25) is 0 Å². The lowest BCUT2D eigenvalue weighted by molar-refractivity contribution is 1.19. The number of hydrogen-bond donors (Lipinski definition) is 3. The Labute approximate surface area is 103 Å². The highest BCUT2D eigenvalue weighted by molar-refractivity contribution is 6.01. The molecule has 0 saturated carbocycles. The second-order valence-corrected chi connectivity index (χ2v) is 3.83. The van der Waals surface area contributed by atoms with Crippen LogP contribution in [0.3, 0.4) is 0 Å². The van der Waals surface area contributed by atoms with E-state index in [0.717, 1.165) is 28.0 Å². The summed E-state index contributed by atoms with van der Waals surface area (Å²) in [5.74, 6) is 0.261. The number of nitrogens with one attached hydrogen (secondary N) is 2. The van der Waals surface area contributed by atoms with E-state index in [-0.39, 0.29) is 5.95 Å². The van der Waals surface area contributed by atoms with Gasteiger partial charge in [0.2, 0.25) is 5.95 Å². The molecule has 0 radical (unpaired) electrons. The fraction of sp³-hybridized carbons (Fsp3) is 0.0833. The zero-order valence-electron chi connectivity index (χ0n) is 9.81. The molecule has 3 aromatic rings. The quantitative estimate of drug-likeness (QED) is 0.633. The van der Waals surface area contributed by atoms with E-state index in [2.05, 4.69) is 25.3 Å². The maximum atomic E-state index is 5.62. The van der Waals surface area contributed by atoms with E-state index >= 15 is 0 Å². The Morgan fingerprint density at radius 1 is 1.22 bits per heavy atom. The number of rotatable bonds is 2. The molecule has 0 unspecified atom stereocenters. The molecule has 0 aliphatic heterocycles. The topological polar surface area (TPSA) is 92.5 Å². The maximum absolute atomic E-state index is 5.62. The first-order valence-corrected chi connectivity index (χ1v) is 5.52. The standard InChI is InChI=1S/C12H12N6/c1-14-9-3-4-15-11-10(9)7(6-17-11)8-2-5-16-12(13)18-8/h2-6H,1H3,(H2,13,16,18)(H2,14,15,17). The summed E-state index contributed by atoms with van der Waals surface area (Å²) < 4.78 is 0. The molecule has 0 spiro atoms. The third-order valence-corrected chi connectivity index (χ3v) is 2.79. The molecule has 0 amide bonds. The van der Waals surface area contributed by atoms with Crippen molar-refractivity contribution < 1.29 is 0 Å². The number of pyridine rings is 1. The van der Waals surface area contributed by atoms with Gasteiger partial charge in [0.15, 0.2) is 0 Å². The lowest BCUT2D eigenvalue weighted by Crippen LogP contribution is -1.95. The molecule has 3 aromatic heterocycles. The van der Waals surface area contributed by atoms with E-state index in [0.29, 0.717) is 0 Å². The number of anilines is 2.